The number of hydrogen-bond acceptors (Lipinski definition) is 4. The standard InChI is InChI=1S/C22H25FN2O4S/c1-21(2,3)16-10-8-15(9-11-16)19(26)25-13-12-22(25,4)20(27)24-30(28,29)18-7-5-6-17(23)14-18/h5-11,14H,12-13H2,1-4H3,(H,24,27). The Morgan fingerprint density at radius 1 is 1.10 bits per heavy atom. The first kappa shape index (κ1) is 22.0. The number of hydrogen-bond donors (Lipinski definition) is 1. The van der Waals surface area contributed by atoms with Crippen LogP contribution in [0.15, 0.2) is 53.4 Å². The van der Waals surface area contributed by atoms with E-state index in [-0.39, 0.29) is 16.2 Å². The van der Waals surface area contributed by atoms with Crippen molar-refractivity contribution in [2.45, 2.75) is 50.0 Å². The van der Waals surface area contributed by atoms with Crippen LogP contribution in [0, 0.1) is 5.82 Å². The molecule has 0 spiro atoms. The van der Waals surface area contributed by atoms with E-state index in [2.05, 4.69) is 20.8 Å². The van der Waals surface area contributed by atoms with Crippen LogP contribution in [-0.2, 0) is 20.2 Å². The molecule has 0 saturated carbocycles. The lowest BCUT2D eigenvalue weighted by Crippen LogP contribution is -2.67. The maximum Gasteiger partial charge on any atom is 0.264 e. The summed E-state index contributed by atoms with van der Waals surface area (Å²) in [5.41, 5.74) is 0.136. The Kier molecular flexibility index (Phi) is 5.49. The van der Waals surface area contributed by atoms with Crippen molar-refractivity contribution >= 4 is 21.8 Å². The summed E-state index contributed by atoms with van der Waals surface area (Å²) in [6.07, 6.45) is 0.323. The van der Waals surface area contributed by atoms with E-state index in [1.807, 2.05) is 16.9 Å². The fourth-order valence-electron chi connectivity index (χ4n) is 3.31. The molecule has 1 saturated heterocycles. The van der Waals surface area contributed by atoms with Crippen molar-refractivity contribution in [2.75, 3.05) is 6.54 Å². The molecule has 1 heterocycles. The number of carbonyl (C=O) groups is 2. The number of rotatable bonds is 4. The zero-order valence-electron chi connectivity index (χ0n) is 17.4. The molecule has 1 N–H and O–H groups in total. The van der Waals surface area contributed by atoms with Crippen molar-refractivity contribution in [3.05, 3.63) is 65.5 Å². The third-order valence-corrected chi connectivity index (χ3v) is 6.81. The highest BCUT2D eigenvalue weighted by atomic mass is 32.2. The number of carbonyl (C=O) groups excluding carboxylic acids is 2. The van der Waals surface area contributed by atoms with E-state index in [1.54, 1.807) is 12.1 Å². The summed E-state index contributed by atoms with van der Waals surface area (Å²) >= 11 is 0. The zero-order chi connectivity index (χ0) is 22.3. The van der Waals surface area contributed by atoms with Gasteiger partial charge in [0.25, 0.3) is 21.8 Å². The minimum atomic E-state index is -4.25. The molecule has 2 aromatic carbocycles. The highest BCUT2D eigenvalue weighted by Gasteiger charge is 2.50. The molecule has 160 valence electrons. The molecule has 2 amide bonds. The second kappa shape index (κ2) is 7.50. The van der Waals surface area contributed by atoms with Crippen molar-refractivity contribution in [3.8, 4) is 0 Å². The second-order valence-corrected chi connectivity index (χ2v) is 10.4. The Morgan fingerprint density at radius 3 is 2.23 bits per heavy atom. The first-order valence-corrected chi connectivity index (χ1v) is 11.1. The SMILES string of the molecule is CC(C)(C)c1ccc(C(=O)N2CCC2(C)C(=O)NS(=O)(=O)c2cccc(F)c2)cc1. The van der Waals surface area contributed by atoms with Crippen LogP contribution in [-0.4, -0.2) is 37.2 Å². The number of amides is 2. The van der Waals surface area contributed by atoms with Gasteiger partial charge in [-0.1, -0.05) is 39.0 Å². The minimum absolute atomic E-state index is 0.0575. The number of halogens is 1. The molecular formula is C22H25FN2O4S. The molecule has 1 fully saturated rings. The Balaban J connectivity index is 1.78. The van der Waals surface area contributed by atoms with Gasteiger partial charge in [0.15, 0.2) is 0 Å². The number of benzene rings is 2. The van der Waals surface area contributed by atoms with Crippen LogP contribution < -0.4 is 4.72 Å². The smallest absolute Gasteiger partial charge is 0.264 e. The molecule has 0 aliphatic carbocycles. The molecule has 30 heavy (non-hydrogen) atoms. The van der Waals surface area contributed by atoms with Gasteiger partial charge in [-0.2, -0.15) is 0 Å². The highest BCUT2D eigenvalue weighted by Crippen LogP contribution is 2.33. The van der Waals surface area contributed by atoms with Crippen LogP contribution in [0.5, 0.6) is 0 Å². The van der Waals surface area contributed by atoms with Gasteiger partial charge in [0.1, 0.15) is 11.4 Å². The molecule has 8 heteroatoms. The van der Waals surface area contributed by atoms with Crippen molar-refractivity contribution in [1.82, 2.24) is 9.62 Å². The first-order valence-electron chi connectivity index (χ1n) is 9.60. The summed E-state index contributed by atoms with van der Waals surface area (Å²) in [4.78, 5) is 26.7. The normalized spacial score (nSPS) is 19.2. The summed E-state index contributed by atoms with van der Waals surface area (Å²) in [5.74, 6) is -1.89. The molecule has 1 aliphatic rings. The number of nitrogens with one attached hydrogen (secondary N) is 1. The van der Waals surface area contributed by atoms with Crippen molar-refractivity contribution in [2.24, 2.45) is 0 Å². The van der Waals surface area contributed by atoms with E-state index >= 15 is 0 Å². The van der Waals surface area contributed by atoms with Crippen molar-refractivity contribution in [3.63, 3.8) is 0 Å². The summed E-state index contributed by atoms with van der Waals surface area (Å²) in [5, 5.41) is 0. The van der Waals surface area contributed by atoms with Crippen molar-refractivity contribution < 1.29 is 22.4 Å². The third kappa shape index (κ3) is 4.09. The van der Waals surface area contributed by atoms with Gasteiger partial charge >= 0.3 is 0 Å². The van der Waals surface area contributed by atoms with Crippen molar-refractivity contribution in [1.29, 1.82) is 0 Å². The predicted molar refractivity (Wildman–Crippen MR) is 111 cm³/mol. The predicted octanol–water partition coefficient (Wildman–Crippen LogP) is 3.23. The quantitative estimate of drug-likeness (QED) is 0.804. The monoisotopic (exact) mass is 432 g/mol. The van der Waals surface area contributed by atoms with Gasteiger partial charge in [0, 0.05) is 12.1 Å². The van der Waals surface area contributed by atoms with Gasteiger partial charge in [-0.05, 0) is 54.7 Å². The number of nitrogens with zero attached hydrogens (tertiary/aromatic N) is 1. The Labute approximate surface area is 176 Å². The molecule has 1 atom stereocenters. The largest absolute Gasteiger partial charge is 0.324 e. The number of sulfonamides is 1. The van der Waals surface area contributed by atoms with E-state index < -0.39 is 27.3 Å². The van der Waals surface area contributed by atoms with E-state index in [9.17, 15) is 22.4 Å². The van der Waals surface area contributed by atoms with Crippen LogP contribution in [0.2, 0.25) is 0 Å². The minimum Gasteiger partial charge on any atom is -0.324 e. The first-order chi connectivity index (χ1) is 13.8. The van der Waals surface area contributed by atoms with Crippen LogP contribution in [0.4, 0.5) is 4.39 Å². The maximum absolute atomic E-state index is 13.4. The maximum atomic E-state index is 13.4. The van der Waals surface area contributed by atoms with Gasteiger partial charge in [-0.3, -0.25) is 9.59 Å². The fourth-order valence-corrected chi connectivity index (χ4v) is 4.42. The van der Waals surface area contributed by atoms with E-state index in [4.69, 9.17) is 0 Å². The summed E-state index contributed by atoms with van der Waals surface area (Å²) in [6, 6.07) is 11.6. The van der Waals surface area contributed by atoms with E-state index in [0.29, 0.717) is 18.5 Å². The van der Waals surface area contributed by atoms with Gasteiger partial charge in [0.05, 0.1) is 4.90 Å². The lowest BCUT2D eigenvalue weighted by Gasteiger charge is -2.48. The summed E-state index contributed by atoms with van der Waals surface area (Å²) in [6.45, 7) is 8.07. The molecule has 6 nitrogen and oxygen atoms in total. The van der Waals surface area contributed by atoms with E-state index in [1.165, 1.54) is 24.0 Å². The summed E-state index contributed by atoms with van der Waals surface area (Å²) < 4.78 is 40.3. The molecule has 1 aliphatic heterocycles. The average Bonchev–Trinajstić information content (AvgIpc) is 2.65. The van der Waals surface area contributed by atoms with Crippen LogP contribution >= 0.6 is 0 Å². The Bertz CT molecular complexity index is 1090. The van der Waals surface area contributed by atoms with Gasteiger partial charge in [0.2, 0.25) is 0 Å². The van der Waals surface area contributed by atoms with Crippen LogP contribution in [0.1, 0.15) is 50.0 Å². The van der Waals surface area contributed by atoms with Crippen LogP contribution in [0.3, 0.4) is 0 Å². The average molecular weight is 433 g/mol. The lowest BCUT2D eigenvalue weighted by atomic mass is 9.84. The lowest BCUT2D eigenvalue weighted by molar-refractivity contribution is -0.135. The molecule has 0 bridgehead atoms. The fraction of sp³-hybridized carbons (Fsp3) is 0.364. The second-order valence-electron chi connectivity index (χ2n) is 8.70. The zero-order valence-corrected chi connectivity index (χ0v) is 18.2. The molecular weight excluding hydrogens is 407 g/mol. The molecule has 2 aromatic rings. The summed E-state index contributed by atoms with van der Waals surface area (Å²) in [7, 11) is -4.25. The Morgan fingerprint density at radius 2 is 1.73 bits per heavy atom. The van der Waals surface area contributed by atoms with Gasteiger partial charge in [-0.25, -0.2) is 17.5 Å². The van der Waals surface area contributed by atoms with Crippen LogP contribution in [0.25, 0.3) is 0 Å². The topological polar surface area (TPSA) is 83.6 Å². The Hall–Kier alpha value is -2.74. The van der Waals surface area contributed by atoms with Gasteiger partial charge < -0.3 is 4.90 Å². The molecule has 0 aromatic heterocycles. The molecule has 0 radical (unpaired) electrons. The molecule has 1 unspecified atom stereocenters. The highest BCUT2D eigenvalue weighted by molar-refractivity contribution is 7.90. The van der Waals surface area contributed by atoms with E-state index in [0.717, 1.165) is 17.7 Å². The third-order valence-electron chi connectivity index (χ3n) is 5.48. The molecule has 3 rings (SSSR count). The number of likely N-dealkylation sites (tertiary alicyclic amines) is 1. The van der Waals surface area contributed by atoms with Gasteiger partial charge in [-0.15, -0.1) is 0 Å².